The molecule has 2 aliphatic rings. The highest BCUT2D eigenvalue weighted by Gasteiger charge is 2.49. The quantitative estimate of drug-likeness (QED) is 0.767. The highest BCUT2D eigenvalue weighted by Crippen LogP contribution is 2.36. The third-order valence-electron chi connectivity index (χ3n) is 4.47. The first-order chi connectivity index (χ1) is 12.5. The lowest BCUT2D eigenvalue weighted by molar-refractivity contribution is -0.134. The fourth-order valence-corrected chi connectivity index (χ4v) is 2.97. The minimum Gasteiger partial charge on any atom is -0.490 e. The third kappa shape index (κ3) is 3.31. The second-order valence-electron chi connectivity index (χ2n) is 6.51. The van der Waals surface area contributed by atoms with Gasteiger partial charge in [-0.25, -0.2) is 4.79 Å². The lowest BCUT2D eigenvalue weighted by Crippen LogP contribution is -2.43. The van der Waals surface area contributed by atoms with E-state index in [0.29, 0.717) is 36.8 Å². The molecular weight excluding hydrogens is 338 g/mol. The van der Waals surface area contributed by atoms with Crippen molar-refractivity contribution in [3.8, 4) is 11.5 Å². The number of hydrogen-bond acceptors (Lipinski definition) is 5. The van der Waals surface area contributed by atoms with Crippen molar-refractivity contribution in [2.75, 3.05) is 26.3 Å². The monoisotopic (exact) mass is 361 g/mol. The summed E-state index contributed by atoms with van der Waals surface area (Å²) in [6.07, 6.45) is 1.55. The third-order valence-corrected chi connectivity index (χ3v) is 4.47. The maximum absolute atomic E-state index is 12.9. The average molecular weight is 361 g/mol. The smallest absolute Gasteiger partial charge is 0.325 e. The number of amides is 4. The molecule has 8 heteroatoms. The van der Waals surface area contributed by atoms with E-state index in [-0.39, 0.29) is 12.5 Å². The van der Waals surface area contributed by atoms with Crippen molar-refractivity contribution < 1.29 is 23.9 Å². The van der Waals surface area contributed by atoms with Gasteiger partial charge < -0.3 is 20.1 Å². The summed E-state index contributed by atoms with van der Waals surface area (Å²) in [6.45, 7) is 4.84. The Balaban J connectivity index is 1.81. The predicted octanol–water partition coefficient (Wildman–Crippen LogP) is 1.14. The van der Waals surface area contributed by atoms with Crippen molar-refractivity contribution in [1.29, 1.82) is 0 Å². The van der Waals surface area contributed by atoms with Gasteiger partial charge in [0.2, 0.25) is 5.91 Å². The van der Waals surface area contributed by atoms with E-state index in [2.05, 4.69) is 10.6 Å². The Morgan fingerprint density at radius 2 is 2.00 bits per heavy atom. The molecule has 0 bridgehead atoms. The normalized spacial score (nSPS) is 22.0. The van der Waals surface area contributed by atoms with Gasteiger partial charge in [-0.1, -0.05) is 13.0 Å². The van der Waals surface area contributed by atoms with Gasteiger partial charge in [0.1, 0.15) is 12.1 Å². The summed E-state index contributed by atoms with van der Waals surface area (Å²) >= 11 is 0. The summed E-state index contributed by atoms with van der Waals surface area (Å²) in [5.74, 6) is 0.326. The molecular formula is C18H23N3O5. The van der Waals surface area contributed by atoms with Gasteiger partial charge in [-0.3, -0.25) is 14.5 Å². The molecule has 8 nitrogen and oxygen atoms in total. The molecule has 0 saturated carbocycles. The first kappa shape index (κ1) is 18.0. The molecule has 26 heavy (non-hydrogen) atoms. The number of rotatable bonds is 5. The molecule has 2 aliphatic heterocycles. The topological polar surface area (TPSA) is 97.0 Å². The van der Waals surface area contributed by atoms with Crippen molar-refractivity contribution in [2.24, 2.45) is 0 Å². The van der Waals surface area contributed by atoms with Crippen molar-refractivity contribution in [3.05, 3.63) is 23.8 Å². The van der Waals surface area contributed by atoms with Gasteiger partial charge in [-0.15, -0.1) is 0 Å². The minimum absolute atomic E-state index is 0.301. The van der Waals surface area contributed by atoms with E-state index in [4.69, 9.17) is 9.47 Å². The van der Waals surface area contributed by atoms with Crippen molar-refractivity contribution in [1.82, 2.24) is 15.5 Å². The lowest BCUT2D eigenvalue weighted by atomic mass is 9.91. The molecule has 4 amide bonds. The average Bonchev–Trinajstić information content (AvgIpc) is 2.80. The van der Waals surface area contributed by atoms with E-state index in [1.165, 1.54) is 0 Å². The van der Waals surface area contributed by atoms with Crippen LogP contribution in [0.5, 0.6) is 11.5 Å². The summed E-state index contributed by atoms with van der Waals surface area (Å²) in [5, 5.41) is 5.36. The number of carbonyl (C=O) groups excluding carboxylic acids is 3. The number of carbonyl (C=O) groups is 3. The zero-order valence-electron chi connectivity index (χ0n) is 15.0. The molecule has 0 unspecified atom stereocenters. The van der Waals surface area contributed by atoms with E-state index in [1.807, 2.05) is 6.92 Å². The largest absolute Gasteiger partial charge is 0.490 e. The number of nitrogens with one attached hydrogen (secondary N) is 2. The van der Waals surface area contributed by atoms with Crippen LogP contribution in [-0.2, 0) is 15.1 Å². The highest BCUT2D eigenvalue weighted by atomic mass is 16.5. The van der Waals surface area contributed by atoms with Crippen LogP contribution in [0.3, 0.4) is 0 Å². The molecule has 0 spiro atoms. The van der Waals surface area contributed by atoms with Crippen LogP contribution >= 0.6 is 0 Å². The number of hydrogen-bond donors (Lipinski definition) is 2. The van der Waals surface area contributed by atoms with Gasteiger partial charge in [-0.05, 0) is 31.0 Å². The van der Waals surface area contributed by atoms with Gasteiger partial charge in [0.15, 0.2) is 11.5 Å². The fraction of sp³-hybridized carbons (Fsp3) is 0.500. The number of nitrogens with zero attached hydrogens (tertiary/aromatic N) is 1. The van der Waals surface area contributed by atoms with Crippen molar-refractivity contribution >= 4 is 17.8 Å². The number of urea groups is 1. The molecule has 3 rings (SSSR count). The second kappa shape index (κ2) is 7.23. The number of ether oxygens (including phenoxy) is 2. The summed E-state index contributed by atoms with van der Waals surface area (Å²) < 4.78 is 11.3. The predicted molar refractivity (Wildman–Crippen MR) is 92.9 cm³/mol. The molecule has 0 radical (unpaired) electrons. The van der Waals surface area contributed by atoms with Gasteiger partial charge >= 0.3 is 6.03 Å². The molecule has 1 fully saturated rings. The first-order valence-corrected chi connectivity index (χ1v) is 8.76. The maximum Gasteiger partial charge on any atom is 0.325 e. The summed E-state index contributed by atoms with van der Waals surface area (Å²) in [5.41, 5.74) is -0.677. The van der Waals surface area contributed by atoms with Crippen LogP contribution in [0.4, 0.5) is 4.79 Å². The van der Waals surface area contributed by atoms with E-state index in [0.717, 1.165) is 17.7 Å². The molecule has 0 aromatic heterocycles. The van der Waals surface area contributed by atoms with E-state index in [1.54, 1.807) is 25.1 Å². The van der Waals surface area contributed by atoms with Crippen LogP contribution < -0.4 is 20.1 Å². The molecule has 2 heterocycles. The van der Waals surface area contributed by atoms with Crippen LogP contribution in [0, 0.1) is 0 Å². The molecule has 2 N–H and O–H groups in total. The molecule has 0 aliphatic carbocycles. The zero-order chi connectivity index (χ0) is 18.7. The van der Waals surface area contributed by atoms with E-state index in [9.17, 15) is 14.4 Å². The zero-order valence-corrected chi connectivity index (χ0v) is 15.0. The summed E-state index contributed by atoms with van der Waals surface area (Å²) in [4.78, 5) is 38.0. The van der Waals surface area contributed by atoms with Crippen LogP contribution in [0.2, 0.25) is 0 Å². The first-order valence-electron chi connectivity index (χ1n) is 8.76. The second-order valence-corrected chi connectivity index (χ2v) is 6.51. The Kier molecular flexibility index (Phi) is 5.01. The number of imide groups is 1. The summed E-state index contributed by atoms with van der Waals surface area (Å²) in [6, 6.07) is 4.58. The van der Waals surface area contributed by atoms with Crippen LogP contribution in [0.15, 0.2) is 18.2 Å². The Bertz CT molecular complexity index is 736. The molecule has 1 aromatic rings. The Morgan fingerprint density at radius 3 is 2.73 bits per heavy atom. The SMILES string of the molecule is CCCNC(=O)CN1C(=O)N[C@@](C)(c2ccc3c(c2)OCCCO3)C1=O. The Hall–Kier alpha value is -2.77. The molecule has 140 valence electrons. The van der Waals surface area contributed by atoms with Crippen LogP contribution in [-0.4, -0.2) is 49.0 Å². The van der Waals surface area contributed by atoms with E-state index >= 15 is 0 Å². The van der Waals surface area contributed by atoms with E-state index < -0.39 is 17.5 Å². The van der Waals surface area contributed by atoms with Gasteiger partial charge in [0, 0.05) is 13.0 Å². The number of fused-ring (bicyclic) bond motifs is 1. The Morgan fingerprint density at radius 1 is 1.27 bits per heavy atom. The summed E-state index contributed by atoms with van der Waals surface area (Å²) in [7, 11) is 0. The lowest BCUT2D eigenvalue weighted by Gasteiger charge is -2.23. The minimum atomic E-state index is -1.26. The molecule has 1 saturated heterocycles. The molecule has 1 aromatic carbocycles. The maximum atomic E-state index is 12.9. The van der Waals surface area contributed by atoms with Gasteiger partial charge in [-0.2, -0.15) is 0 Å². The van der Waals surface area contributed by atoms with Crippen LogP contribution in [0.25, 0.3) is 0 Å². The van der Waals surface area contributed by atoms with Crippen molar-refractivity contribution in [3.63, 3.8) is 0 Å². The van der Waals surface area contributed by atoms with Crippen LogP contribution in [0.1, 0.15) is 32.3 Å². The Labute approximate surface area is 151 Å². The van der Waals surface area contributed by atoms with Gasteiger partial charge in [0.25, 0.3) is 5.91 Å². The van der Waals surface area contributed by atoms with Crippen molar-refractivity contribution in [2.45, 2.75) is 32.2 Å². The van der Waals surface area contributed by atoms with Gasteiger partial charge in [0.05, 0.1) is 13.2 Å². The number of benzene rings is 1. The highest BCUT2D eigenvalue weighted by molar-refractivity contribution is 6.09. The standard InChI is InChI=1S/C18H23N3O5/c1-3-7-19-15(22)11-21-16(23)18(2,20-17(21)24)12-5-6-13-14(10-12)26-9-4-8-25-13/h5-6,10H,3-4,7-9,11H2,1-2H3,(H,19,22)(H,20,24)/t18-/m0/s1. The molecule has 1 atom stereocenters. The fourth-order valence-electron chi connectivity index (χ4n) is 2.97.